The van der Waals surface area contributed by atoms with Gasteiger partial charge in [-0.2, -0.15) is 0 Å². The molecule has 0 aliphatic heterocycles. The van der Waals surface area contributed by atoms with E-state index in [0.717, 1.165) is 64.2 Å². The SMILES string of the molecule is CCCCC/C=C/C/C=C/CCCCCCCC(=O)[O-].CCCCC/C=C/C/C=C/CCCCCCCC(=O)[O-].[Mn+2]. The molecule has 41 heavy (non-hydrogen) atoms. The average molecular weight is 614 g/mol. The number of hydrogen-bond acceptors (Lipinski definition) is 4. The standard InChI is InChI=1S/2C18H32O2.Mn/c2*1-2-3-4-5-6-7-8-9-10-11-12-13-14-15-16-17-18(19)20;/h2*6-7,9-10H,2-5,8,11-17H2,1H3,(H,19,20);/q;;+2/p-2/b2*7-6+,10-9+;. The van der Waals surface area contributed by atoms with Crippen LogP contribution in [0.5, 0.6) is 0 Å². The van der Waals surface area contributed by atoms with Gasteiger partial charge in [-0.15, -0.1) is 0 Å². The fourth-order valence-corrected chi connectivity index (χ4v) is 4.16. The van der Waals surface area contributed by atoms with Gasteiger partial charge >= 0.3 is 17.1 Å². The van der Waals surface area contributed by atoms with Crippen LogP contribution in [0.3, 0.4) is 0 Å². The van der Waals surface area contributed by atoms with Gasteiger partial charge in [-0.3, -0.25) is 0 Å². The molecule has 0 aliphatic carbocycles. The zero-order valence-electron chi connectivity index (χ0n) is 26.6. The number of allylic oxidation sites excluding steroid dienone is 8. The summed E-state index contributed by atoms with van der Waals surface area (Å²) in [7, 11) is 0. The van der Waals surface area contributed by atoms with Gasteiger partial charge in [0.2, 0.25) is 0 Å². The van der Waals surface area contributed by atoms with E-state index in [9.17, 15) is 19.8 Å². The molecule has 4 nitrogen and oxygen atoms in total. The predicted octanol–water partition coefficient (Wildman–Crippen LogP) is 9.10. The molecule has 0 aliphatic rings. The van der Waals surface area contributed by atoms with Crippen molar-refractivity contribution in [2.75, 3.05) is 0 Å². The van der Waals surface area contributed by atoms with Crippen LogP contribution in [-0.4, -0.2) is 11.9 Å². The van der Waals surface area contributed by atoms with Crippen LogP contribution in [0.4, 0.5) is 0 Å². The summed E-state index contributed by atoms with van der Waals surface area (Å²) in [4.78, 5) is 20.4. The zero-order chi connectivity index (χ0) is 29.8. The van der Waals surface area contributed by atoms with Crippen molar-refractivity contribution in [1.29, 1.82) is 0 Å². The second-order valence-electron chi connectivity index (χ2n) is 10.7. The number of aliphatic carboxylic acids is 2. The summed E-state index contributed by atoms with van der Waals surface area (Å²) in [6.45, 7) is 4.46. The Hall–Kier alpha value is -1.58. The smallest absolute Gasteiger partial charge is 0.550 e. The Labute approximate surface area is 264 Å². The molecule has 0 unspecified atom stereocenters. The molecule has 0 aromatic rings. The maximum atomic E-state index is 10.2. The number of hydrogen-bond donors (Lipinski definition) is 0. The summed E-state index contributed by atoms with van der Waals surface area (Å²) in [5, 5.41) is 20.4. The number of carbonyl (C=O) groups excluding carboxylic acids is 2. The van der Waals surface area contributed by atoms with Gasteiger partial charge in [0.25, 0.3) is 0 Å². The Balaban J connectivity index is -0.000000688. The second-order valence-corrected chi connectivity index (χ2v) is 10.7. The van der Waals surface area contributed by atoms with Gasteiger partial charge in [-0.1, -0.05) is 127 Å². The van der Waals surface area contributed by atoms with Crippen LogP contribution < -0.4 is 10.2 Å². The van der Waals surface area contributed by atoms with E-state index in [2.05, 4.69) is 62.5 Å². The van der Waals surface area contributed by atoms with E-state index in [-0.39, 0.29) is 29.9 Å². The molecule has 0 spiro atoms. The second kappa shape index (κ2) is 40.6. The maximum absolute atomic E-state index is 10.2. The minimum absolute atomic E-state index is 0. The van der Waals surface area contributed by atoms with E-state index < -0.39 is 11.9 Å². The van der Waals surface area contributed by atoms with Gasteiger partial charge in [0.15, 0.2) is 0 Å². The van der Waals surface area contributed by atoms with Crippen molar-refractivity contribution < 1.29 is 36.9 Å². The van der Waals surface area contributed by atoms with Crippen molar-refractivity contribution >= 4 is 11.9 Å². The fourth-order valence-electron chi connectivity index (χ4n) is 4.16. The van der Waals surface area contributed by atoms with E-state index in [4.69, 9.17) is 0 Å². The number of carboxylic acids is 2. The van der Waals surface area contributed by atoms with Crippen LogP contribution in [-0.2, 0) is 26.7 Å². The Morgan fingerprint density at radius 3 is 0.976 bits per heavy atom. The molecule has 0 saturated heterocycles. The van der Waals surface area contributed by atoms with E-state index in [1.165, 1.54) is 77.0 Å². The van der Waals surface area contributed by atoms with E-state index in [1.807, 2.05) is 0 Å². The number of carboxylic acid groups (broad SMARTS) is 2. The molecule has 0 saturated carbocycles. The first kappa shape index (κ1) is 43.9. The molecule has 0 aromatic carbocycles. The van der Waals surface area contributed by atoms with E-state index >= 15 is 0 Å². The minimum Gasteiger partial charge on any atom is -0.550 e. The molecule has 0 bridgehead atoms. The Kier molecular flexibility index (Phi) is 43.4. The summed E-state index contributed by atoms with van der Waals surface area (Å²) in [5.74, 6) is -1.84. The number of carbonyl (C=O) groups is 2. The van der Waals surface area contributed by atoms with Gasteiger partial charge in [0.1, 0.15) is 0 Å². The number of unbranched alkanes of at least 4 members (excludes halogenated alkanes) is 16. The van der Waals surface area contributed by atoms with Gasteiger partial charge in [-0.25, -0.2) is 0 Å². The summed E-state index contributed by atoms with van der Waals surface area (Å²) >= 11 is 0. The Morgan fingerprint density at radius 1 is 0.415 bits per heavy atom. The first-order chi connectivity index (χ1) is 19.5. The summed E-state index contributed by atoms with van der Waals surface area (Å²) in [5.41, 5.74) is 0. The molecule has 1 radical (unpaired) electrons. The van der Waals surface area contributed by atoms with Crippen LogP contribution in [0.25, 0.3) is 0 Å². The van der Waals surface area contributed by atoms with Crippen LogP contribution in [0.2, 0.25) is 0 Å². The zero-order valence-corrected chi connectivity index (χ0v) is 27.8. The molecule has 0 N–H and O–H groups in total. The van der Waals surface area contributed by atoms with Crippen LogP contribution in [0.1, 0.15) is 168 Å². The quantitative estimate of drug-likeness (QED) is 0.0501. The van der Waals surface area contributed by atoms with Gasteiger partial charge in [0, 0.05) is 11.9 Å². The van der Waals surface area contributed by atoms with Gasteiger partial charge in [0.05, 0.1) is 0 Å². The van der Waals surface area contributed by atoms with Crippen molar-refractivity contribution in [2.45, 2.75) is 168 Å². The van der Waals surface area contributed by atoms with Crippen LogP contribution in [0.15, 0.2) is 48.6 Å². The van der Waals surface area contributed by atoms with Gasteiger partial charge in [-0.05, 0) is 89.9 Å². The van der Waals surface area contributed by atoms with Crippen molar-refractivity contribution in [3.05, 3.63) is 48.6 Å². The molecule has 5 heteroatoms. The monoisotopic (exact) mass is 613 g/mol. The third kappa shape index (κ3) is 48.5. The van der Waals surface area contributed by atoms with E-state index in [1.54, 1.807) is 0 Å². The normalized spacial score (nSPS) is 11.4. The van der Waals surface area contributed by atoms with E-state index in [0.29, 0.717) is 0 Å². The van der Waals surface area contributed by atoms with Crippen molar-refractivity contribution in [2.24, 2.45) is 0 Å². The third-order valence-electron chi connectivity index (χ3n) is 6.66. The minimum atomic E-state index is -0.921. The molecule has 0 rings (SSSR count). The van der Waals surface area contributed by atoms with Gasteiger partial charge < -0.3 is 19.8 Å². The number of rotatable bonds is 28. The summed E-state index contributed by atoms with van der Waals surface area (Å²) in [6, 6.07) is 0. The van der Waals surface area contributed by atoms with Crippen LogP contribution >= 0.6 is 0 Å². The molecule has 0 aromatic heterocycles. The average Bonchev–Trinajstić information content (AvgIpc) is 2.93. The predicted molar refractivity (Wildman–Crippen MR) is 169 cm³/mol. The van der Waals surface area contributed by atoms with Crippen molar-refractivity contribution in [1.82, 2.24) is 0 Å². The molecule has 0 heterocycles. The summed E-state index contributed by atoms with van der Waals surface area (Å²) in [6.07, 6.45) is 43.9. The van der Waals surface area contributed by atoms with Crippen LogP contribution in [0, 0.1) is 0 Å². The Morgan fingerprint density at radius 2 is 0.683 bits per heavy atom. The molecule has 237 valence electrons. The molecular formula is C36H62MnO4. The van der Waals surface area contributed by atoms with Crippen molar-refractivity contribution in [3.63, 3.8) is 0 Å². The first-order valence-corrected chi connectivity index (χ1v) is 16.5. The largest absolute Gasteiger partial charge is 2.00 e. The molecule has 0 fully saturated rings. The third-order valence-corrected chi connectivity index (χ3v) is 6.66. The Bertz CT molecular complexity index is 596. The van der Waals surface area contributed by atoms with Crippen molar-refractivity contribution in [3.8, 4) is 0 Å². The maximum Gasteiger partial charge on any atom is 2.00 e. The molecular weight excluding hydrogens is 551 g/mol. The summed E-state index contributed by atoms with van der Waals surface area (Å²) < 4.78 is 0. The molecule has 0 amide bonds. The molecule has 0 atom stereocenters. The fraction of sp³-hybridized carbons (Fsp3) is 0.722. The topological polar surface area (TPSA) is 80.3 Å². The first-order valence-electron chi connectivity index (χ1n) is 16.5.